The molecule has 2 aromatic rings. The predicted octanol–water partition coefficient (Wildman–Crippen LogP) is 3.85. The quantitative estimate of drug-likeness (QED) is 0.863. The molecule has 1 heterocycles. The second kappa shape index (κ2) is 4.74. The SMILES string of the molecule is CCNc1cc(CC)nc2c(C)c(C)ccc12. The van der Waals surface area contributed by atoms with Crippen molar-refractivity contribution in [2.24, 2.45) is 0 Å². The van der Waals surface area contributed by atoms with Gasteiger partial charge >= 0.3 is 0 Å². The molecule has 0 saturated carbocycles. The molecule has 2 nitrogen and oxygen atoms in total. The van der Waals surface area contributed by atoms with Crippen LogP contribution in [-0.4, -0.2) is 11.5 Å². The van der Waals surface area contributed by atoms with Crippen molar-refractivity contribution in [1.29, 1.82) is 0 Å². The van der Waals surface area contributed by atoms with Gasteiger partial charge < -0.3 is 5.32 Å². The molecular weight excluding hydrogens is 208 g/mol. The van der Waals surface area contributed by atoms with E-state index in [4.69, 9.17) is 4.98 Å². The van der Waals surface area contributed by atoms with E-state index in [1.54, 1.807) is 0 Å². The van der Waals surface area contributed by atoms with Gasteiger partial charge in [0.05, 0.1) is 5.52 Å². The number of aryl methyl sites for hydroxylation is 3. The van der Waals surface area contributed by atoms with Crippen LogP contribution in [0.2, 0.25) is 0 Å². The highest BCUT2D eigenvalue weighted by Gasteiger charge is 2.08. The third-order valence-electron chi connectivity index (χ3n) is 3.29. The summed E-state index contributed by atoms with van der Waals surface area (Å²) in [5, 5.41) is 4.66. The number of benzene rings is 1. The fourth-order valence-electron chi connectivity index (χ4n) is 2.10. The van der Waals surface area contributed by atoms with E-state index in [1.807, 2.05) is 0 Å². The van der Waals surface area contributed by atoms with Gasteiger partial charge in [-0.25, -0.2) is 0 Å². The molecule has 1 aromatic carbocycles. The zero-order valence-corrected chi connectivity index (χ0v) is 11.1. The van der Waals surface area contributed by atoms with E-state index in [1.165, 1.54) is 22.2 Å². The number of aromatic nitrogens is 1. The predicted molar refractivity (Wildman–Crippen MR) is 74.8 cm³/mol. The molecule has 0 atom stereocenters. The molecule has 1 aromatic heterocycles. The Bertz CT molecular complexity index is 544. The van der Waals surface area contributed by atoms with Crippen molar-refractivity contribution in [3.63, 3.8) is 0 Å². The number of nitrogens with zero attached hydrogens (tertiary/aromatic N) is 1. The number of hydrogen-bond acceptors (Lipinski definition) is 2. The summed E-state index contributed by atoms with van der Waals surface area (Å²) in [4.78, 5) is 4.76. The van der Waals surface area contributed by atoms with Crippen molar-refractivity contribution in [3.8, 4) is 0 Å². The molecule has 17 heavy (non-hydrogen) atoms. The summed E-state index contributed by atoms with van der Waals surface area (Å²) in [6.45, 7) is 9.50. The van der Waals surface area contributed by atoms with Crippen LogP contribution in [0.1, 0.15) is 30.7 Å². The van der Waals surface area contributed by atoms with Crippen LogP contribution in [0.25, 0.3) is 10.9 Å². The molecule has 0 bridgehead atoms. The van der Waals surface area contributed by atoms with Crippen molar-refractivity contribution in [1.82, 2.24) is 4.98 Å². The lowest BCUT2D eigenvalue weighted by atomic mass is 10.0. The van der Waals surface area contributed by atoms with Crippen molar-refractivity contribution < 1.29 is 0 Å². The standard InChI is InChI=1S/C15H20N2/c1-5-12-9-14(16-6-2)13-8-7-10(3)11(4)15(13)17-12/h7-9H,5-6H2,1-4H3,(H,16,17). The summed E-state index contributed by atoms with van der Waals surface area (Å²) in [5.41, 5.74) is 6.09. The first-order valence-corrected chi connectivity index (χ1v) is 6.31. The van der Waals surface area contributed by atoms with Gasteiger partial charge in [0.1, 0.15) is 0 Å². The van der Waals surface area contributed by atoms with E-state index in [2.05, 4.69) is 51.2 Å². The van der Waals surface area contributed by atoms with Crippen molar-refractivity contribution >= 4 is 16.6 Å². The second-order valence-electron chi connectivity index (χ2n) is 4.45. The first kappa shape index (κ1) is 11.9. The topological polar surface area (TPSA) is 24.9 Å². The molecule has 0 spiro atoms. The van der Waals surface area contributed by atoms with Crippen molar-refractivity contribution in [3.05, 3.63) is 35.0 Å². The monoisotopic (exact) mass is 228 g/mol. The third kappa shape index (κ3) is 2.12. The average molecular weight is 228 g/mol. The van der Waals surface area contributed by atoms with Crippen LogP contribution in [0.3, 0.4) is 0 Å². The number of hydrogen-bond donors (Lipinski definition) is 1. The van der Waals surface area contributed by atoms with Gasteiger partial charge in [0.2, 0.25) is 0 Å². The molecular formula is C15H20N2. The van der Waals surface area contributed by atoms with Crippen LogP contribution in [0.15, 0.2) is 18.2 Å². The summed E-state index contributed by atoms with van der Waals surface area (Å²) in [6.07, 6.45) is 0.974. The fourth-order valence-corrected chi connectivity index (χ4v) is 2.10. The molecule has 0 unspecified atom stereocenters. The van der Waals surface area contributed by atoms with E-state index >= 15 is 0 Å². The minimum Gasteiger partial charge on any atom is -0.385 e. The van der Waals surface area contributed by atoms with Crippen molar-refractivity contribution in [2.75, 3.05) is 11.9 Å². The molecule has 0 aliphatic rings. The molecule has 0 saturated heterocycles. The van der Waals surface area contributed by atoms with E-state index in [9.17, 15) is 0 Å². The van der Waals surface area contributed by atoms with Gasteiger partial charge in [-0.15, -0.1) is 0 Å². The van der Waals surface area contributed by atoms with Gasteiger partial charge in [0.25, 0.3) is 0 Å². The maximum absolute atomic E-state index is 4.76. The second-order valence-corrected chi connectivity index (χ2v) is 4.45. The van der Waals surface area contributed by atoms with E-state index in [0.717, 1.165) is 24.2 Å². The molecule has 0 aliphatic carbocycles. The van der Waals surface area contributed by atoms with Gasteiger partial charge in [-0.2, -0.15) is 0 Å². The first-order chi connectivity index (χ1) is 8.17. The van der Waals surface area contributed by atoms with E-state index in [0.29, 0.717) is 0 Å². The Morgan fingerprint density at radius 2 is 1.94 bits per heavy atom. The first-order valence-electron chi connectivity index (χ1n) is 6.31. The highest BCUT2D eigenvalue weighted by atomic mass is 14.9. The lowest BCUT2D eigenvalue weighted by Gasteiger charge is -2.12. The zero-order chi connectivity index (χ0) is 12.4. The zero-order valence-electron chi connectivity index (χ0n) is 11.1. The van der Waals surface area contributed by atoms with Gasteiger partial charge in [-0.3, -0.25) is 4.98 Å². The molecule has 2 heteroatoms. The Labute approximate surface area is 103 Å². The summed E-state index contributed by atoms with van der Waals surface area (Å²) in [7, 11) is 0. The number of pyridine rings is 1. The van der Waals surface area contributed by atoms with Crippen LogP contribution in [-0.2, 0) is 6.42 Å². The van der Waals surface area contributed by atoms with Gasteiger partial charge in [-0.05, 0) is 44.4 Å². The Balaban J connectivity index is 2.76. The Hall–Kier alpha value is -1.57. The largest absolute Gasteiger partial charge is 0.385 e. The van der Waals surface area contributed by atoms with Crippen molar-refractivity contribution in [2.45, 2.75) is 34.1 Å². The molecule has 90 valence electrons. The van der Waals surface area contributed by atoms with E-state index < -0.39 is 0 Å². The van der Waals surface area contributed by atoms with Crippen LogP contribution in [0, 0.1) is 13.8 Å². The maximum atomic E-state index is 4.76. The highest BCUT2D eigenvalue weighted by Crippen LogP contribution is 2.27. The Kier molecular flexibility index (Phi) is 3.32. The van der Waals surface area contributed by atoms with Crippen LogP contribution < -0.4 is 5.32 Å². The minimum absolute atomic E-state index is 0.940. The molecule has 0 radical (unpaired) electrons. The van der Waals surface area contributed by atoms with Gasteiger partial charge in [0, 0.05) is 23.3 Å². The highest BCUT2D eigenvalue weighted by molar-refractivity contribution is 5.94. The molecule has 0 aliphatic heterocycles. The van der Waals surface area contributed by atoms with Crippen LogP contribution in [0.5, 0.6) is 0 Å². The average Bonchev–Trinajstić information content (AvgIpc) is 2.34. The minimum atomic E-state index is 0.940. The van der Waals surface area contributed by atoms with Crippen LogP contribution >= 0.6 is 0 Å². The lowest BCUT2D eigenvalue weighted by Crippen LogP contribution is -2.01. The Morgan fingerprint density at radius 1 is 1.18 bits per heavy atom. The lowest BCUT2D eigenvalue weighted by molar-refractivity contribution is 1.05. The summed E-state index contributed by atoms with van der Waals surface area (Å²) >= 11 is 0. The molecule has 0 fully saturated rings. The normalized spacial score (nSPS) is 10.8. The number of rotatable bonds is 3. The number of fused-ring (bicyclic) bond motifs is 1. The van der Waals surface area contributed by atoms with Crippen LogP contribution in [0.4, 0.5) is 5.69 Å². The molecule has 1 N–H and O–H groups in total. The summed E-state index contributed by atoms with van der Waals surface area (Å²) in [6, 6.07) is 6.51. The molecule has 0 amide bonds. The smallest absolute Gasteiger partial charge is 0.0757 e. The number of anilines is 1. The Morgan fingerprint density at radius 3 is 2.59 bits per heavy atom. The summed E-state index contributed by atoms with van der Waals surface area (Å²) in [5.74, 6) is 0. The fraction of sp³-hybridized carbons (Fsp3) is 0.400. The third-order valence-corrected chi connectivity index (χ3v) is 3.29. The van der Waals surface area contributed by atoms with Gasteiger partial charge in [-0.1, -0.05) is 19.1 Å². The maximum Gasteiger partial charge on any atom is 0.0757 e. The molecule has 2 rings (SSSR count). The summed E-state index contributed by atoms with van der Waals surface area (Å²) < 4.78 is 0. The van der Waals surface area contributed by atoms with E-state index in [-0.39, 0.29) is 0 Å². The number of nitrogens with one attached hydrogen (secondary N) is 1. The van der Waals surface area contributed by atoms with Gasteiger partial charge in [0.15, 0.2) is 0 Å².